The predicted octanol–water partition coefficient (Wildman–Crippen LogP) is 1.49. The second-order valence-corrected chi connectivity index (χ2v) is 4.94. The molecule has 2 amide bonds. The Labute approximate surface area is 107 Å². The summed E-state index contributed by atoms with van der Waals surface area (Å²) in [6.07, 6.45) is 3.02. The minimum Gasteiger partial charge on any atom is -0.366 e. The lowest BCUT2D eigenvalue weighted by Crippen LogP contribution is -2.28. The first-order chi connectivity index (χ1) is 8.58. The third kappa shape index (κ3) is 2.70. The Hall–Kier alpha value is -1.84. The monoisotopic (exact) mass is 246 g/mol. The molecule has 1 unspecified atom stereocenters. The van der Waals surface area contributed by atoms with Crippen molar-refractivity contribution in [2.75, 3.05) is 6.54 Å². The van der Waals surface area contributed by atoms with Crippen LogP contribution in [0.1, 0.15) is 46.0 Å². The molecule has 96 valence electrons. The van der Waals surface area contributed by atoms with Crippen LogP contribution in [0.5, 0.6) is 0 Å². The molecule has 0 aliphatic carbocycles. The minimum absolute atomic E-state index is 0.109. The maximum absolute atomic E-state index is 12.1. The lowest BCUT2D eigenvalue weighted by atomic mass is 9.97. The van der Waals surface area contributed by atoms with Crippen LogP contribution in [0.3, 0.4) is 0 Å². The Morgan fingerprint density at radius 1 is 1.44 bits per heavy atom. The molecule has 1 aromatic rings. The molecule has 1 aromatic carbocycles. The lowest BCUT2D eigenvalue weighted by molar-refractivity contribution is 0.0948. The maximum atomic E-state index is 12.1. The molecule has 1 aliphatic heterocycles. The SMILES string of the molecule is CC1CCCc2ccc(C(N)=O)cc2C(=O)NC1. The molecule has 0 saturated heterocycles. The number of hydrogen-bond donors (Lipinski definition) is 2. The Kier molecular flexibility index (Phi) is 3.65. The van der Waals surface area contributed by atoms with Gasteiger partial charge in [0.1, 0.15) is 0 Å². The van der Waals surface area contributed by atoms with Crippen molar-refractivity contribution in [3.63, 3.8) is 0 Å². The highest BCUT2D eigenvalue weighted by molar-refractivity contribution is 6.00. The van der Waals surface area contributed by atoms with Crippen molar-refractivity contribution >= 4 is 11.8 Å². The summed E-state index contributed by atoms with van der Waals surface area (Å²) in [4.78, 5) is 23.2. The third-order valence-corrected chi connectivity index (χ3v) is 3.39. The molecule has 1 atom stereocenters. The number of rotatable bonds is 1. The van der Waals surface area contributed by atoms with Gasteiger partial charge in [-0.1, -0.05) is 13.0 Å². The van der Waals surface area contributed by atoms with Gasteiger partial charge in [0.25, 0.3) is 5.91 Å². The van der Waals surface area contributed by atoms with Gasteiger partial charge in [0, 0.05) is 17.7 Å². The van der Waals surface area contributed by atoms with Gasteiger partial charge < -0.3 is 11.1 Å². The fourth-order valence-electron chi connectivity index (χ4n) is 2.26. The summed E-state index contributed by atoms with van der Waals surface area (Å²) < 4.78 is 0. The quantitative estimate of drug-likeness (QED) is 0.788. The molecule has 1 heterocycles. The average Bonchev–Trinajstić information content (AvgIpc) is 2.41. The van der Waals surface area contributed by atoms with Gasteiger partial charge in [-0.25, -0.2) is 0 Å². The van der Waals surface area contributed by atoms with Gasteiger partial charge in [0.05, 0.1) is 0 Å². The van der Waals surface area contributed by atoms with Crippen molar-refractivity contribution in [1.29, 1.82) is 0 Å². The first kappa shape index (κ1) is 12.6. The second kappa shape index (κ2) is 5.21. The Bertz CT molecular complexity index is 483. The third-order valence-electron chi connectivity index (χ3n) is 3.39. The van der Waals surface area contributed by atoms with Gasteiger partial charge in [-0.3, -0.25) is 9.59 Å². The molecule has 0 radical (unpaired) electrons. The van der Waals surface area contributed by atoms with E-state index in [4.69, 9.17) is 5.73 Å². The van der Waals surface area contributed by atoms with Crippen molar-refractivity contribution in [3.8, 4) is 0 Å². The van der Waals surface area contributed by atoms with Crippen LogP contribution < -0.4 is 11.1 Å². The number of nitrogens with two attached hydrogens (primary N) is 1. The van der Waals surface area contributed by atoms with E-state index < -0.39 is 5.91 Å². The minimum atomic E-state index is -0.501. The normalized spacial score (nSPS) is 20.1. The smallest absolute Gasteiger partial charge is 0.251 e. The van der Waals surface area contributed by atoms with Crippen molar-refractivity contribution in [3.05, 3.63) is 34.9 Å². The highest BCUT2D eigenvalue weighted by atomic mass is 16.2. The first-order valence-corrected chi connectivity index (χ1v) is 6.29. The van der Waals surface area contributed by atoms with Crippen LogP contribution in [0.15, 0.2) is 18.2 Å². The summed E-state index contributed by atoms with van der Waals surface area (Å²) >= 11 is 0. The topological polar surface area (TPSA) is 72.2 Å². The predicted molar refractivity (Wildman–Crippen MR) is 69.4 cm³/mol. The van der Waals surface area contributed by atoms with E-state index >= 15 is 0 Å². The Morgan fingerprint density at radius 3 is 2.94 bits per heavy atom. The number of carbonyl (C=O) groups is 2. The molecule has 0 bridgehead atoms. The average molecular weight is 246 g/mol. The fraction of sp³-hybridized carbons (Fsp3) is 0.429. The van der Waals surface area contributed by atoms with Gasteiger partial charge >= 0.3 is 0 Å². The molecule has 18 heavy (non-hydrogen) atoms. The summed E-state index contributed by atoms with van der Waals surface area (Å²) in [7, 11) is 0. The zero-order valence-corrected chi connectivity index (χ0v) is 10.5. The summed E-state index contributed by atoms with van der Waals surface area (Å²) in [5.74, 6) is -0.125. The van der Waals surface area contributed by atoms with Crippen LogP contribution in [0.4, 0.5) is 0 Å². The zero-order valence-electron chi connectivity index (χ0n) is 10.5. The first-order valence-electron chi connectivity index (χ1n) is 6.29. The summed E-state index contributed by atoms with van der Waals surface area (Å²) in [5, 5.41) is 2.91. The molecular weight excluding hydrogens is 228 g/mol. The van der Waals surface area contributed by atoms with Crippen LogP contribution >= 0.6 is 0 Å². The number of aryl methyl sites for hydroxylation is 1. The van der Waals surface area contributed by atoms with Crippen molar-refractivity contribution < 1.29 is 9.59 Å². The number of primary amides is 1. The maximum Gasteiger partial charge on any atom is 0.251 e. The van der Waals surface area contributed by atoms with Gasteiger partial charge in [-0.2, -0.15) is 0 Å². The van der Waals surface area contributed by atoms with Crippen LogP contribution in [0, 0.1) is 5.92 Å². The number of amides is 2. The number of fused-ring (bicyclic) bond motifs is 1. The van der Waals surface area contributed by atoms with E-state index in [1.807, 2.05) is 6.07 Å². The molecule has 4 nitrogen and oxygen atoms in total. The molecule has 1 aliphatic rings. The van der Waals surface area contributed by atoms with Crippen LogP contribution in [-0.4, -0.2) is 18.4 Å². The largest absolute Gasteiger partial charge is 0.366 e. The van der Waals surface area contributed by atoms with E-state index in [2.05, 4.69) is 12.2 Å². The van der Waals surface area contributed by atoms with Gasteiger partial charge in [0.2, 0.25) is 5.91 Å². The van der Waals surface area contributed by atoms with E-state index in [1.165, 1.54) is 0 Å². The molecule has 4 heteroatoms. The highest BCUT2D eigenvalue weighted by Crippen LogP contribution is 2.18. The van der Waals surface area contributed by atoms with E-state index in [9.17, 15) is 9.59 Å². The summed E-state index contributed by atoms with van der Waals surface area (Å²) in [6, 6.07) is 5.13. The molecular formula is C14H18N2O2. The van der Waals surface area contributed by atoms with Crippen LogP contribution in [0.25, 0.3) is 0 Å². The molecule has 0 saturated carbocycles. The number of carbonyl (C=O) groups excluding carboxylic acids is 2. The Balaban J connectivity index is 2.36. The zero-order chi connectivity index (χ0) is 13.1. The molecule has 3 N–H and O–H groups in total. The summed E-state index contributed by atoms with van der Waals surface area (Å²) in [5.41, 5.74) is 7.21. The summed E-state index contributed by atoms with van der Waals surface area (Å²) in [6.45, 7) is 2.81. The van der Waals surface area contributed by atoms with Crippen molar-refractivity contribution in [1.82, 2.24) is 5.32 Å². The van der Waals surface area contributed by atoms with E-state index in [-0.39, 0.29) is 5.91 Å². The van der Waals surface area contributed by atoms with Crippen molar-refractivity contribution in [2.24, 2.45) is 11.7 Å². The number of hydrogen-bond acceptors (Lipinski definition) is 2. The van der Waals surface area contributed by atoms with Gasteiger partial charge in [-0.05, 0) is 42.9 Å². The fourth-order valence-corrected chi connectivity index (χ4v) is 2.26. The molecule has 0 aromatic heterocycles. The van der Waals surface area contributed by atoms with E-state index in [1.54, 1.807) is 12.1 Å². The number of benzene rings is 1. The van der Waals surface area contributed by atoms with Crippen LogP contribution in [0.2, 0.25) is 0 Å². The molecule has 0 fully saturated rings. The van der Waals surface area contributed by atoms with Gasteiger partial charge in [0.15, 0.2) is 0 Å². The molecule has 0 spiro atoms. The van der Waals surface area contributed by atoms with Crippen molar-refractivity contribution in [2.45, 2.75) is 26.2 Å². The number of nitrogens with one attached hydrogen (secondary N) is 1. The standard InChI is InChI=1S/C14H18N2O2/c1-9-3-2-4-10-5-6-11(13(15)17)7-12(10)14(18)16-8-9/h5-7,9H,2-4,8H2,1H3,(H2,15,17)(H,16,18). The molecule has 2 rings (SSSR count). The van der Waals surface area contributed by atoms with E-state index in [0.29, 0.717) is 23.6 Å². The second-order valence-electron chi connectivity index (χ2n) is 4.94. The Morgan fingerprint density at radius 2 is 2.22 bits per heavy atom. The van der Waals surface area contributed by atoms with Crippen LogP contribution in [-0.2, 0) is 6.42 Å². The van der Waals surface area contributed by atoms with Gasteiger partial charge in [-0.15, -0.1) is 0 Å². The van der Waals surface area contributed by atoms with E-state index in [0.717, 1.165) is 24.8 Å². The highest BCUT2D eigenvalue weighted by Gasteiger charge is 2.17. The lowest BCUT2D eigenvalue weighted by Gasteiger charge is -2.10.